The first-order chi connectivity index (χ1) is 9.33. The molecule has 1 aromatic heterocycles. The van der Waals surface area contributed by atoms with E-state index in [9.17, 15) is 4.79 Å². The number of rotatable bonds is 6. The second-order valence-corrected chi connectivity index (χ2v) is 5.46. The van der Waals surface area contributed by atoms with Crippen molar-refractivity contribution in [3.8, 4) is 0 Å². The Kier molecular flexibility index (Phi) is 5.57. The third-order valence-electron chi connectivity index (χ3n) is 2.98. The van der Waals surface area contributed by atoms with Gasteiger partial charge in [-0.2, -0.15) is 0 Å². The van der Waals surface area contributed by atoms with E-state index in [0.29, 0.717) is 5.69 Å². The first-order valence-electron chi connectivity index (χ1n) is 6.51. The topological polar surface area (TPSA) is 42.0 Å². The summed E-state index contributed by atoms with van der Waals surface area (Å²) in [5.41, 5.74) is 0.520. The molecular formula is C15H17IN2O. The minimum atomic E-state index is -0.0775. The van der Waals surface area contributed by atoms with Crippen LogP contribution in [0.4, 0.5) is 0 Å². The van der Waals surface area contributed by atoms with E-state index in [2.05, 4.69) is 32.9 Å². The Morgan fingerprint density at radius 2 is 2.00 bits per heavy atom. The molecule has 1 aromatic carbocycles. The van der Waals surface area contributed by atoms with Crippen molar-refractivity contribution in [3.05, 3.63) is 42.2 Å². The van der Waals surface area contributed by atoms with Crippen molar-refractivity contribution in [3.63, 3.8) is 0 Å². The number of hydrogen-bond acceptors (Lipinski definition) is 2. The van der Waals surface area contributed by atoms with Crippen LogP contribution in [0.15, 0.2) is 36.5 Å². The molecule has 0 saturated carbocycles. The number of nitrogens with zero attached hydrogens (tertiary/aromatic N) is 1. The molecule has 0 aliphatic carbocycles. The van der Waals surface area contributed by atoms with Gasteiger partial charge in [-0.05, 0) is 28.7 Å². The first-order valence-corrected chi connectivity index (χ1v) is 8.03. The van der Waals surface area contributed by atoms with E-state index in [1.165, 1.54) is 10.8 Å². The average Bonchev–Trinajstić information content (AvgIpc) is 2.46. The number of alkyl halides is 1. The maximum atomic E-state index is 12.1. The van der Waals surface area contributed by atoms with Gasteiger partial charge in [-0.25, -0.2) is 0 Å². The number of amides is 1. The summed E-state index contributed by atoms with van der Waals surface area (Å²) in [6.07, 6.45) is 5.09. The molecule has 100 valence electrons. The van der Waals surface area contributed by atoms with Gasteiger partial charge in [-0.15, -0.1) is 0 Å². The smallest absolute Gasteiger partial charge is 0.270 e. The van der Waals surface area contributed by atoms with Gasteiger partial charge in [0.15, 0.2) is 0 Å². The van der Waals surface area contributed by atoms with Crippen molar-refractivity contribution >= 4 is 39.3 Å². The van der Waals surface area contributed by atoms with Crippen LogP contribution >= 0.6 is 22.6 Å². The lowest BCUT2D eigenvalue weighted by molar-refractivity contribution is 0.0950. The predicted octanol–water partition coefficient (Wildman–Crippen LogP) is 3.57. The van der Waals surface area contributed by atoms with Crippen LogP contribution in [-0.2, 0) is 0 Å². The third-order valence-corrected chi connectivity index (χ3v) is 3.75. The van der Waals surface area contributed by atoms with Gasteiger partial charge in [-0.3, -0.25) is 9.78 Å². The van der Waals surface area contributed by atoms with Crippen LogP contribution in [0.5, 0.6) is 0 Å². The van der Waals surface area contributed by atoms with E-state index in [4.69, 9.17) is 0 Å². The van der Waals surface area contributed by atoms with Gasteiger partial charge in [0.25, 0.3) is 5.91 Å². The Hall–Kier alpha value is -1.17. The van der Waals surface area contributed by atoms with Crippen LogP contribution in [0.2, 0.25) is 0 Å². The molecule has 2 aromatic rings. The number of fused-ring (bicyclic) bond motifs is 1. The van der Waals surface area contributed by atoms with Gasteiger partial charge >= 0.3 is 0 Å². The number of carbonyl (C=O) groups excluding carboxylic acids is 1. The fourth-order valence-electron chi connectivity index (χ4n) is 1.98. The zero-order valence-electron chi connectivity index (χ0n) is 10.7. The van der Waals surface area contributed by atoms with Gasteiger partial charge < -0.3 is 5.32 Å². The Morgan fingerprint density at radius 1 is 1.16 bits per heavy atom. The lowest BCUT2D eigenvalue weighted by Crippen LogP contribution is -2.25. The standard InChI is InChI=1S/C15H17IN2O/c16-9-4-1-5-10-18-15(19)14-13-7-3-2-6-12(13)8-11-17-14/h2-3,6-8,11H,1,4-5,9-10H2,(H,18,19). The molecule has 1 N–H and O–H groups in total. The molecule has 4 heteroatoms. The SMILES string of the molecule is O=C(NCCCCCI)c1nccc2ccccc12. The van der Waals surface area contributed by atoms with Crippen molar-refractivity contribution in [2.24, 2.45) is 0 Å². The summed E-state index contributed by atoms with van der Waals surface area (Å²) >= 11 is 2.37. The third kappa shape index (κ3) is 3.89. The fraction of sp³-hybridized carbons (Fsp3) is 0.333. The van der Waals surface area contributed by atoms with Crippen LogP contribution in [0, 0.1) is 0 Å². The normalized spacial score (nSPS) is 10.6. The van der Waals surface area contributed by atoms with Gasteiger partial charge in [0.2, 0.25) is 0 Å². The van der Waals surface area contributed by atoms with E-state index in [0.717, 1.165) is 30.2 Å². The van der Waals surface area contributed by atoms with Gasteiger partial charge in [0.1, 0.15) is 5.69 Å². The molecule has 1 heterocycles. The highest BCUT2D eigenvalue weighted by atomic mass is 127. The quantitative estimate of drug-likeness (QED) is 0.481. The zero-order valence-corrected chi connectivity index (χ0v) is 12.9. The van der Waals surface area contributed by atoms with E-state index in [-0.39, 0.29) is 5.91 Å². The number of benzene rings is 1. The number of nitrogens with one attached hydrogen (secondary N) is 1. The molecule has 1 amide bonds. The number of hydrogen-bond donors (Lipinski definition) is 1. The number of halogens is 1. The molecule has 0 spiro atoms. The maximum Gasteiger partial charge on any atom is 0.270 e. The second-order valence-electron chi connectivity index (χ2n) is 4.39. The van der Waals surface area contributed by atoms with Crippen LogP contribution in [0.3, 0.4) is 0 Å². The van der Waals surface area contributed by atoms with Crippen LogP contribution in [0.1, 0.15) is 29.8 Å². The Balaban J connectivity index is 2.01. The minimum Gasteiger partial charge on any atom is -0.351 e. The highest BCUT2D eigenvalue weighted by Crippen LogP contribution is 2.16. The molecular weight excluding hydrogens is 351 g/mol. The monoisotopic (exact) mass is 368 g/mol. The summed E-state index contributed by atoms with van der Waals surface area (Å²) < 4.78 is 1.18. The van der Waals surface area contributed by atoms with Crippen LogP contribution < -0.4 is 5.32 Å². The zero-order chi connectivity index (χ0) is 13.5. The highest BCUT2D eigenvalue weighted by molar-refractivity contribution is 14.1. The van der Waals surface area contributed by atoms with Crippen molar-refractivity contribution in [2.75, 3.05) is 11.0 Å². The molecule has 0 atom stereocenters. The molecule has 3 nitrogen and oxygen atoms in total. The molecule has 2 rings (SSSR count). The summed E-state index contributed by atoms with van der Waals surface area (Å²) in [7, 11) is 0. The summed E-state index contributed by atoms with van der Waals surface area (Å²) in [5.74, 6) is -0.0775. The molecule has 0 bridgehead atoms. The molecule has 19 heavy (non-hydrogen) atoms. The molecule has 0 saturated heterocycles. The number of aromatic nitrogens is 1. The van der Waals surface area contributed by atoms with Crippen molar-refractivity contribution in [1.29, 1.82) is 0 Å². The summed E-state index contributed by atoms with van der Waals surface area (Å²) in [6, 6.07) is 9.75. The van der Waals surface area contributed by atoms with Crippen molar-refractivity contribution in [1.82, 2.24) is 10.3 Å². The highest BCUT2D eigenvalue weighted by Gasteiger charge is 2.10. The minimum absolute atomic E-state index is 0.0775. The maximum absolute atomic E-state index is 12.1. The van der Waals surface area contributed by atoms with E-state index in [1.54, 1.807) is 6.20 Å². The van der Waals surface area contributed by atoms with E-state index in [1.807, 2.05) is 30.3 Å². The molecule has 0 aliphatic rings. The Labute approximate surface area is 126 Å². The van der Waals surface area contributed by atoms with E-state index < -0.39 is 0 Å². The lowest BCUT2D eigenvalue weighted by Gasteiger charge is -2.06. The Morgan fingerprint density at radius 3 is 2.84 bits per heavy atom. The number of carbonyl (C=O) groups is 1. The molecule has 0 fully saturated rings. The van der Waals surface area contributed by atoms with Crippen LogP contribution in [0.25, 0.3) is 10.8 Å². The van der Waals surface area contributed by atoms with Gasteiger partial charge in [-0.1, -0.05) is 53.3 Å². The first kappa shape index (κ1) is 14.2. The summed E-state index contributed by atoms with van der Waals surface area (Å²) in [4.78, 5) is 16.3. The number of pyridine rings is 1. The largest absolute Gasteiger partial charge is 0.351 e. The fourth-order valence-corrected chi connectivity index (χ4v) is 2.52. The lowest BCUT2D eigenvalue weighted by atomic mass is 10.1. The summed E-state index contributed by atoms with van der Waals surface area (Å²) in [5, 5.41) is 4.91. The van der Waals surface area contributed by atoms with Gasteiger partial charge in [0.05, 0.1) is 0 Å². The summed E-state index contributed by atoms with van der Waals surface area (Å²) in [6.45, 7) is 0.723. The predicted molar refractivity (Wildman–Crippen MR) is 86.8 cm³/mol. The second kappa shape index (κ2) is 7.43. The van der Waals surface area contributed by atoms with E-state index >= 15 is 0 Å². The average molecular weight is 368 g/mol. The van der Waals surface area contributed by atoms with Crippen LogP contribution in [-0.4, -0.2) is 21.9 Å². The van der Waals surface area contributed by atoms with Crippen molar-refractivity contribution < 1.29 is 4.79 Å². The van der Waals surface area contributed by atoms with Gasteiger partial charge in [0, 0.05) is 18.1 Å². The Bertz CT molecular complexity index is 551. The van der Waals surface area contributed by atoms with Crippen molar-refractivity contribution in [2.45, 2.75) is 19.3 Å². The number of unbranched alkanes of at least 4 members (excludes halogenated alkanes) is 2. The molecule has 0 unspecified atom stereocenters. The molecule has 0 aliphatic heterocycles. The molecule has 0 radical (unpaired) electrons.